The van der Waals surface area contributed by atoms with Crippen molar-refractivity contribution in [2.24, 2.45) is 5.92 Å². The van der Waals surface area contributed by atoms with Crippen LogP contribution in [0.3, 0.4) is 0 Å². The van der Waals surface area contributed by atoms with Crippen molar-refractivity contribution in [3.05, 3.63) is 34.4 Å². The first kappa shape index (κ1) is 13.3. The molecule has 1 aliphatic rings. The Morgan fingerprint density at radius 3 is 2.47 bits per heavy atom. The van der Waals surface area contributed by atoms with Gasteiger partial charge in [-0.2, -0.15) is 0 Å². The van der Waals surface area contributed by atoms with Gasteiger partial charge < -0.3 is 10.2 Å². The minimum atomic E-state index is -0.465. The minimum absolute atomic E-state index is 0.0118. The Balaban J connectivity index is 1.96. The van der Waals surface area contributed by atoms with Gasteiger partial charge in [0.1, 0.15) is 0 Å². The molecule has 2 amide bonds. The first-order valence-electron chi connectivity index (χ1n) is 6.27. The molecule has 0 spiro atoms. The van der Waals surface area contributed by atoms with Gasteiger partial charge in [-0.3, -0.25) is 10.1 Å². The van der Waals surface area contributed by atoms with Crippen molar-refractivity contribution in [2.75, 3.05) is 12.4 Å². The van der Waals surface area contributed by atoms with Gasteiger partial charge in [-0.25, -0.2) is 4.79 Å². The van der Waals surface area contributed by atoms with Crippen LogP contribution in [0.1, 0.15) is 19.8 Å². The standard InChI is InChI=1S/C13H17N3O3/c1-9(10-3-4-10)15(2)13(17)14-11-5-7-12(8-6-11)16(18)19/h5-10H,3-4H2,1-2H3,(H,14,17). The highest BCUT2D eigenvalue weighted by Crippen LogP contribution is 2.34. The molecule has 1 fully saturated rings. The molecule has 6 nitrogen and oxygen atoms in total. The number of carbonyl (C=O) groups excluding carboxylic acids is 1. The molecule has 2 rings (SSSR count). The smallest absolute Gasteiger partial charge is 0.321 e. The molecule has 0 bridgehead atoms. The van der Waals surface area contributed by atoms with Gasteiger partial charge in [-0.05, 0) is 37.8 Å². The number of rotatable bonds is 4. The van der Waals surface area contributed by atoms with E-state index in [-0.39, 0.29) is 17.8 Å². The summed E-state index contributed by atoms with van der Waals surface area (Å²) >= 11 is 0. The lowest BCUT2D eigenvalue weighted by Crippen LogP contribution is -2.39. The van der Waals surface area contributed by atoms with Crippen LogP contribution in [0.15, 0.2) is 24.3 Å². The number of anilines is 1. The second-order valence-corrected chi connectivity index (χ2v) is 4.92. The fraction of sp³-hybridized carbons (Fsp3) is 0.462. The van der Waals surface area contributed by atoms with Crippen molar-refractivity contribution >= 4 is 17.4 Å². The quantitative estimate of drug-likeness (QED) is 0.670. The third kappa shape index (κ3) is 3.21. The Labute approximate surface area is 111 Å². The minimum Gasteiger partial charge on any atom is -0.325 e. The Bertz CT molecular complexity index is 482. The second kappa shape index (κ2) is 5.26. The Hall–Kier alpha value is -2.11. The molecular formula is C13H17N3O3. The van der Waals surface area contributed by atoms with Crippen LogP contribution in [0.5, 0.6) is 0 Å². The number of hydrogen-bond donors (Lipinski definition) is 1. The number of non-ortho nitro benzene ring substituents is 1. The van der Waals surface area contributed by atoms with Crippen molar-refractivity contribution in [3.63, 3.8) is 0 Å². The summed E-state index contributed by atoms with van der Waals surface area (Å²) < 4.78 is 0. The first-order valence-corrected chi connectivity index (χ1v) is 6.27. The lowest BCUT2D eigenvalue weighted by molar-refractivity contribution is -0.384. The van der Waals surface area contributed by atoms with Gasteiger partial charge in [0.15, 0.2) is 0 Å². The summed E-state index contributed by atoms with van der Waals surface area (Å²) in [5, 5.41) is 13.3. The average molecular weight is 263 g/mol. The molecule has 1 saturated carbocycles. The van der Waals surface area contributed by atoms with Crippen LogP contribution in [-0.4, -0.2) is 28.9 Å². The average Bonchev–Trinajstić information content (AvgIpc) is 3.21. The summed E-state index contributed by atoms with van der Waals surface area (Å²) in [6.07, 6.45) is 2.35. The molecule has 0 heterocycles. The van der Waals surface area contributed by atoms with E-state index >= 15 is 0 Å². The van der Waals surface area contributed by atoms with Gasteiger partial charge in [0.25, 0.3) is 5.69 Å². The first-order chi connectivity index (χ1) is 8.99. The van der Waals surface area contributed by atoms with Crippen LogP contribution in [0.2, 0.25) is 0 Å². The molecule has 102 valence electrons. The zero-order valence-electron chi connectivity index (χ0n) is 11.0. The molecule has 1 aromatic rings. The van der Waals surface area contributed by atoms with Crippen molar-refractivity contribution in [1.29, 1.82) is 0 Å². The summed E-state index contributed by atoms with van der Waals surface area (Å²) in [5.41, 5.74) is 0.572. The second-order valence-electron chi connectivity index (χ2n) is 4.92. The molecule has 19 heavy (non-hydrogen) atoms. The summed E-state index contributed by atoms with van der Waals surface area (Å²) in [6.45, 7) is 2.03. The maximum atomic E-state index is 12.0. The van der Waals surface area contributed by atoms with Gasteiger partial charge >= 0.3 is 6.03 Å². The number of nitrogens with zero attached hydrogens (tertiary/aromatic N) is 2. The van der Waals surface area contributed by atoms with Crippen molar-refractivity contribution in [2.45, 2.75) is 25.8 Å². The van der Waals surface area contributed by atoms with E-state index in [1.54, 1.807) is 11.9 Å². The predicted octanol–water partition coefficient (Wildman–Crippen LogP) is 2.86. The summed E-state index contributed by atoms with van der Waals surface area (Å²) in [5.74, 6) is 0.604. The maximum absolute atomic E-state index is 12.0. The number of nitro groups is 1. The Morgan fingerprint density at radius 1 is 1.42 bits per heavy atom. The van der Waals surface area contributed by atoms with E-state index in [9.17, 15) is 14.9 Å². The largest absolute Gasteiger partial charge is 0.325 e. The van der Waals surface area contributed by atoms with Crippen LogP contribution in [0, 0.1) is 16.0 Å². The van der Waals surface area contributed by atoms with Gasteiger partial charge in [0.2, 0.25) is 0 Å². The van der Waals surface area contributed by atoms with E-state index in [2.05, 4.69) is 5.32 Å². The molecule has 0 aliphatic heterocycles. The normalized spacial score (nSPS) is 15.7. The number of benzene rings is 1. The lowest BCUT2D eigenvalue weighted by Gasteiger charge is -2.25. The molecule has 6 heteroatoms. The number of nitro benzene ring substituents is 1. The third-order valence-corrected chi connectivity index (χ3v) is 3.56. The van der Waals surface area contributed by atoms with Crippen LogP contribution in [0.4, 0.5) is 16.2 Å². The van der Waals surface area contributed by atoms with Crippen LogP contribution >= 0.6 is 0 Å². The third-order valence-electron chi connectivity index (χ3n) is 3.56. The van der Waals surface area contributed by atoms with Gasteiger partial charge in [0, 0.05) is 30.9 Å². The van der Waals surface area contributed by atoms with E-state index in [4.69, 9.17) is 0 Å². The molecule has 1 unspecified atom stereocenters. The van der Waals surface area contributed by atoms with E-state index < -0.39 is 4.92 Å². The number of hydrogen-bond acceptors (Lipinski definition) is 3. The SMILES string of the molecule is CC(C1CC1)N(C)C(=O)Nc1ccc([N+](=O)[O-])cc1. The molecule has 1 aliphatic carbocycles. The van der Waals surface area contributed by atoms with Crippen molar-refractivity contribution < 1.29 is 9.72 Å². The highest BCUT2D eigenvalue weighted by molar-refractivity contribution is 5.89. The molecule has 1 N–H and O–H groups in total. The fourth-order valence-corrected chi connectivity index (χ4v) is 1.96. The number of urea groups is 1. The molecule has 0 aromatic heterocycles. The number of carbonyl (C=O) groups is 1. The zero-order chi connectivity index (χ0) is 14.0. The summed E-state index contributed by atoms with van der Waals surface area (Å²) in [6, 6.07) is 5.85. The van der Waals surface area contributed by atoms with Crippen LogP contribution in [-0.2, 0) is 0 Å². The van der Waals surface area contributed by atoms with E-state index in [0.29, 0.717) is 11.6 Å². The highest BCUT2D eigenvalue weighted by Gasteiger charge is 2.32. The highest BCUT2D eigenvalue weighted by atomic mass is 16.6. The Kier molecular flexibility index (Phi) is 3.69. The fourth-order valence-electron chi connectivity index (χ4n) is 1.96. The van der Waals surface area contributed by atoms with Crippen molar-refractivity contribution in [3.8, 4) is 0 Å². The van der Waals surface area contributed by atoms with E-state index in [1.165, 1.54) is 37.1 Å². The predicted molar refractivity (Wildman–Crippen MR) is 72.1 cm³/mol. The van der Waals surface area contributed by atoms with E-state index in [1.807, 2.05) is 6.92 Å². The van der Waals surface area contributed by atoms with Gasteiger partial charge in [-0.1, -0.05) is 0 Å². The maximum Gasteiger partial charge on any atom is 0.321 e. The number of nitrogens with one attached hydrogen (secondary N) is 1. The van der Waals surface area contributed by atoms with Crippen LogP contribution < -0.4 is 5.32 Å². The Morgan fingerprint density at radius 2 is 2.00 bits per heavy atom. The van der Waals surface area contributed by atoms with Gasteiger partial charge in [-0.15, -0.1) is 0 Å². The monoisotopic (exact) mass is 263 g/mol. The molecule has 1 atom stereocenters. The van der Waals surface area contributed by atoms with E-state index in [0.717, 1.165) is 0 Å². The molecule has 1 aromatic carbocycles. The van der Waals surface area contributed by atoms with Crippen LogP contribution in [0.25, 0.3) is 0 Å². The summed E-state index contributed by atoms with van der Waals surface area (Å²) in [4.78, 5) is 23.7. The van der Waals surface area contributed by atoms with Crippen molar-refractivity contribution in [1.82, 2.24) is 4.90 Å². The zero-order valence-corrected chi connectivity index (χ0v) is 11.0. The molecule has 0 saturated heterocycles. The molecular weight excluding hydrogens is 246 g/mol. The lowest BCUT2D eigenvalue weighted by atomic mass is 10.2. The summed E-state index contributed by atoms with van der Waals surface area (Å²) in [7, 11) is 1.77. The molecule has 0 radical (unpaired) electrons. The topological polar surface area (TPSA) is 75.5 Å². The number of amides is 2. The van der Waals surface area contributed by atoms with Gasteiger partial charge in [0.05, 0.1) is 4.92 Å².